The van der Waals surface area contributed by atoms with E-state index in [2.05, 4.69) is 42.7 Å². The molecular formula is C14H20N2. The predicted octanol–water partition coefficient (Wildman–Crippen LogP) is 2.51. The SMILES string of the molecule is CC1(C)CCc2ccc(C3CNC3)cc2N1. The van der Waals surface area contributed by atoms with Gasteiger partial charge in [0, 0.05) is 30.2 Å². The Morgan fingerprint density at radius 1 is 1.25 bits per heavy atom. The largest absolute Gasteiger partial charge is 0.380 e. The van der Waals surface area contributed by atoms with Crippen LogP contribution in [-0.2, 0) is 6.42 Å². The van der Waals surface area contributed by atoms with E-state index in [4.69, 9.17) is 0 Å². The van der Waals surface area contributed by atoms with Crippen LogP contribution in [0.5, 0.6) is 0 Å². The third-order valence-corrected chi connectivity index (χ3v) is 3.88. The van der Waals surface area contributed by atoms with Crippen LogP contribution in [0.2, 0.25) is 0 Å². The van der Waals surface area contributed by atoms with Crippen LogP contribution in [0.1, 0.15) is 37.3 Å². The summed E-state index contributed by atoms with van der Waals surface area (Å²) in [5, 5.41) is 6.99. The number of hydrogen-bond acceptors (Lipinski definition) is 2. The molecule has 1 fully saturated rings. The number of benzene rings is 1. The normalized spacial score (nSPS) is 23.1. The van der Waals surface area contributed by atoms with Gasteiger partial charge in [0.2, 0.25) is 0 Å². The molecule has 0 saturated carbocycles. The first kappa shape index (κ1) is 10.2. The van der Waals surface area contributed by atoms with Crippen molar-refractivity contribution < 1.29 is 0 Å². The lowest BCUT2D eigenvalue weighted by Gasteiger charge is -2.35. The van der Waals surface area contributed by atoms with E-state index in [0.717, 1.165) is 19.0 Å². The van der Waals surface area contributed by atoms with Gasteiger partial charge in [0.25, 0.3) is 0 Å². The Labute approximate surface area is 97.4 Å². The molecule has 2 heterocycles. The van der Waals surface area contributed by atoms with E-state index in [-0.39, 0.29) is 5.54 Å². The maximum absolute atomic E-state index is 3.66. The Hall–Kier alpha value is -1.02. The summed E-state index contributed by atoms with van der Waals surface area (Å²) in [5.41, 5.74) is 4.59. The molecule has 3 rings (SSSR count). The van der Waals surface area contributed by atoms with Gasteiger partial charge >= 0.3 is 0 Å². The van der Waals surface area contributed by atoms with E-state index in [0.29, 0.717) is 0 Å². The van der Waals surface area contributed by atoms with E-state index < -0.39 is 0 Å². The molecule has 0 radical (unpaired) electrons. The van der Waals surface area contributed by atoms with Crippen LogP contribution in [0.4, 0.5) is 5.69 Å². The maximum atomic E-state index is 3.66. The Morgan fingerprint density at radius 3 is 2.75 bits per heavy atom. The average molecular weight is 216 g/mol. The van der Waals surface area contributed by atoms with Gasteiger partial charge in [0.1, 0.15) is 0 Å². The van der Waals surface area contributed by atoms with Gasteiger partial charge < -0.3 is 10.6 Å². The summed E-state index contributed by atoms with van der Waals surface area (Å²) in [7, 11) is 0. The first-order chi connectivity index (χ1) is 7.64. The molecule has 0 atom stereocenters. The standard InChI is InChI=1S/C14H20N2/c1-14(2)6-5-10-3-4-11(7-13(10)16-14)12-8-15-9-12/h3-4,7,12,15-16H,5-6,8-9H2,1-2H3. The molecule has 2 aliphatic heterocycles. The Morgan fingerprint density at radius 2 is 2.06 bits per heavy atom. The molecule has 2 aliphatic rings. The van der Waals surface area contributed by atoms with E-state index in [1.165, 1.54) is 29.7 Å². The average Bonchev–Trinajstić information content (AvgIpc) is 2.13. The van der Waals surface area contributed by atoms with Crippen LogP contribution in [0.3, 0.4) is 0 Å². The molecule has 0 bridgehead atoms. The smallest absolute Gasteiger partial charge is 0.0379 e. The van der Waals surface area contributed by atoms with E-state index in [1.807, 2.05) is 0 Å². The molecule has 0 spiro atoms. The van der Waals surface area contributed by atoms with Crippen molar-refractivity contribution in [2.24, 2.45) is 0 Å². The van der Waals surface area contributed by atoms with Crippen LogP contribution < -0.4 is 10.6 Å². The first-order valence-corrected chi connectivity index (χ1v) is 6.26. The Kier molecular flexibility index (Phi) is 2.21. The van der Waals surface area contributed by atoms with Gasteiger partial charge in [-0.3, -0.25) is 0 Å². The lowest BCUT2D eigenvalue weighted by atomic mass is 9.86. The fourth-order valence-corrected chi connectivity index (χ4v) is 2.58. The summed E-state index contributed by atoms with van der Waals surface area (Å²) in [6, 6.07) is 6.98. The van der Waals surface area contributed by atoms with Gasteiger partial charge in [-0.1, -0.05) is 12.1 Å². The second-order valence-electron chi connectivity index (χ2n) is 5.78. The van der Waals surface area contributed by atoms with Crippen molar-refractivity contribution >= 4 is 5.69 Å². The van der Waals surface area contributed by atoms with Crippen molar-refractivity contribution in [1.29, 1.82) is 0 Å². The molecule has 2 N–H and O–H groups in total. The summed E-state index contributed by atoms with van der Waals surface area (Å²) < 4.78 is 0. The number of rotatable bonds is 1. The van der Waals surface area contributed by atoms with Gasteiger partial charge in [-0.05, 0) is 43.9 Å². The minimum Gasteiger partial charge on any atom is -0.380 e. The summed E-state index contributed by atoms with van der Waals surface area (Å²) in [4.78, 5) is 0. The molecule has 16 heavy (non-hydrogen) atoms. The highest BCUT2D eigenvalue weighted by Gasteiger charge is 2.26. The van der Waals surface area contributed by atoms with E-state index in [9.17, 15) is 0 Å². The number of hydrogen-bond donors (Lipinski definition) is 2. The zero-order valence-electron chi connectivity index (χ0n) is 10.1. The third-order valence-electron chi connectivity index (χ3n) is 3.88. The van der Waals surface area contributed by atoms with Gasteiger partial charge in [-0.15, -0.1) is 0 Å². The fraction of sp³-hybridized carbons (Fsp3) is 0.571. The highest BCUT2D eigenvalue weighted by Crippen LogP contribution is 2.33. The summed E-state index contributed by atoms with van der Waals surface area (Å²) in [6.45, 7) is 6.85. The van der Waals surface area contributed by atoms with Crippen LogP contribution in [0.25, 0.3) is 0 Å². The molecule has 86 valence electrons. The maximum Gasteiger partial charge on any atom is 0.0379 e. The van der Waals surface area contributed by atoms with Crippen molar-refractivity contribution in [1.82, 2.24) is 5.32 Å². The molecule has 0 aliphatic carbocycles. The molecule has 1 saturated heterocycles. The molecule has 2 heteroatoms. The lowest BCUT2D eigenvalue weighted by Crippen LogP contribution is -2.40. The Bertz CT molecular complexity index is 405. The second-order valence-corrected chi connectivity index (χ2v) is 5.78. The van der Waals surface area contributed by atoms with Crippen molar-refractivity contribution in [3.63, 3.8) is 0 Å². The zero-order valence-corrected chi connectivity index (χ0v) is 10.1. The van der Waals surface area contributed by atoms with Gasteiger partial charge in [-0.2, -0.15) is 0 Å². The van der Waals surface area contributed by atoms with Crippen molar-refractivity contribution in [3.05, 3.63) is 29.3 Å². The topological polar surface area (TPSA) is 24.1 Å². The number of nitrogens with one attached hydrogen (secondary N) is 2. The fourth-order valence-electron chi connectivity index (χ4n) is 2.58. The molecule has 1 aromatic carbocycles. The predicted molar refractivity (Wildman–Crippen MR) is 68.1 cm³/mol. The highest BCUT2D eigenvalue weighted by molar-refractivity contribution is 5.57. The van der Waals surface area contributed by atoms with Crippen molar-refractivity contribution in [3.8, 4) is 0 Å². The third kappa shape index (κ3) is 1.71. The van der Waals surface area contributed by atoms with Crippen LogP contribution in [0.15, 0.2) is 18.2 Å². The minimum atomic E-state index is 0.253. The monoisotopic (exact) mass is 216 g/mol. The summed E-state index contributed by atoms with van der Waals surface area (Å²) in [6.07, 6.45) is 2.43. The van der Waals surface area contributed by atoms with Crippen molar-refractivity contribution in [2.45, 2.75) is 38.1 Å². The van der Waals surface area contributed by atoms with E-state index >= 15 is 0 Å². The number of aryl methyl sites for hydroxylation is 1. The molecule has 0 unspecified atom stereocenters. The second kappa shape index (κ2) is 3.49. The molecule has 0 amide bonds. The number of anilines is 1. The van der Waals surface area contributed by atoms with E-state index in [1.54, 1.807) is 0 Å². The summed E-state index contributed by atoms with van der Waals surface area (Å²) >= 11 is 0. The van der Waals surface area contributed by atoms with Crippen LogP contribution in [-0.4, -0.2) is 18.6 Å². The Balaban J connectivity index is 1.91. The van der Waals surface area contributed by atoms with Gasteiger partial charge in [-0.25, -0.2) is 0 Å². The quantitative estimate of drug-likeness (QED) is 0.753. The van der Waals surface area contributed by atoms with Crippen LogP contribution in [0, 0.1) is 0 Å². The number of fused-ring (bicyclic) bond motifs is 1. The summed E-state index contributed by atoms with van der Waals surface area (Å²) in [5.74, 6) is 0.733. The van der Waals surface area contributed by atoms with Gasteiger partial charge in [0.05, 0.1) is 0 Å². The molecule has 1 aromatic rings. The van der Waals surface area contributed by atoms with Crippen LogP contribution >= 0.6 is 0 Å². The molecule has 2 nitrogen and oxygen atoms in total. The molecular weight excluding hydrogens is 196 g/mol. The van der Waals surface area contributed by atoms with Gasteiger partial charge in [0.15, 0.2) is 0 Å². The lowest BCUT2D eigenvalue weighted by molar-refractivity contribution is 0.447. The highest BCUT2D eigenvalue weighted by atomic mass is 15.0. The minimum absolute atomic E-state index is 0.253. The first-order valence-electron chi connectivity index (χ1n) is 6.26. The molecule has 0 aromatic heterocycles. The zero-order chi connectivity index (χ0) is 11.2. The van der Waals surface area contributed by atoms with Crippen molar-refractivity contribution in [2.75, 3.05) is 18.4 Å².